The number of hydrogen-bond acceptors (Lipinski definition) is 5. The van der Waals surface area contributed by atoms with Crippen molar-refractivity contribution in [1.29, 1.82) is 0 Å². The van der Waals surface area contributed by atoms with Crippen molar-refractivity contribution in [1.82, 2.24) is 10.6 Å². The number of aliphatic hydroxyl groups is 1. The van der Waals surface area contributed by atoms with E-state index in [2.05, 4.69) is 40.2 Å². The van der Waals surface area contributed by atoms with Crippen molar-refractivity contribution in [3.63, 3.8) is 0 Å². The second kappa shape index (κ2) is 12.6. The molecule has 4 rings (SSSR count). The lowest BCUT2D eigenvalue weighted by Gasteiger charge is -2.28. The Bertz CT molecular complexity index is 1450. The summed E-state index contributed by atoms with van der Waals surface area (Å²) in [6.45, 7) is 4.88. The summed E-state index contributed by atoms with van der Waals surface area (Å²) in [6.07, 6.45) is 1.03. The maximum absolute atomic E-state index is 12.9. The van der Waals surface area contributed by atoms with Crippen LogP contribution in [-0.2, 0) is 17.6 Å². The SMILES string of the molecule is CC(C)(Cc1cccc(C(=O)NCCc2cccc3ccccc23)c1)NC[C@H](O)c1ccc(O)c(NC=O)c1. The van der Waals surface area contributed by atoms with Gasteiger partial charge in [-0.15, -0.1) is 0 Å². The van der Waals surface area contributed by atoms with Crippen LogP contribution in [0.25, 0.3) is 10.8 Å². The lowest BCUT2D eigenvalue weighted by molar-refractivity contribution is -0.105. The molecule has 1 atom stereocenters. The number of aliphatic hydroxyl groups excluding tert-OH is 1. The van der Waals surface area contributed by atoms with E-state index in [4.69, 9.17) is 0 Å². The van der Waals surface area contributed by atoms with E-state index in [0.29, 0.717) is 30.5 Å². The molecule has 7 nitrogen and oxygen atoms in total. The summed E-state index contributed by atoms with van der Waals surface area (Å²) in [4.78, 5) is 23.6. The van der Waals surface area contributed by atoms with Crippen molar-refractivity contribution in [2.24, 2.45) is 0 Å². The lowest BCUT2D eigenvalue weighted by Crippen LogP contribution is -2.43. The van der Waals surface area contributed by atoms with Crippen LogP contribution in [0.3, 0.4) is 0 Å². The van der Waals surface area contributed by atoms with E-state index in [-0.39, 0.29) is 29.4 Å². The van der Waals surface area contributed by atoms with E-state index in [1.54, 1.807) is 12.1 Å². The highest BCUT2D eigenvalue weighted by molar-refractivity contribution is 5.94. The van der Waals surface area contributed by atoms with Gasteiger partial charge in [0, 0.05) is 24.2 Å². The molecule has 0 spiro atoms. The van der Waals surface area contributed by atoms with Crippen molar-refractivity contribution in [3.8, 4) is 5.75 Å². The van der Waals surface area contributed by atoms with Crippen LogP contribution < -0.4 is 16.0 Å². The van der Waals surface area contributed by atoms with E-state index in [9.17, 15) is 19.8 Å². The number of β-amino-alcohol motifs (C(OH)–C–C–N with tert-alkyl or cyclic N) is 1. The largest absolute Gasteiger partial charge is 0.506 e. The normalized spacial score (nSPS) is 12.2. The first kappa shape index (κ1) is 27.8. The quantitative estimate of drug-likeness (QED) is 0.136. The van der Waals surface area contributed by atoms with Gasteiger partial charge in [-0.1, -0.05) is 60.7 Å². The van der Waals surface area contributed by atoms with E-state index >= 15 is 0 Å². The van der Waals surface area contributed by atoms with Crippen LogP contribution in [0.4, 0.5) is 5.69 Å². The van der Waals surface area contributed by atoms with Crippen LogP contribution in [0.1, 0.15) is 47.0 Å². The second-order valence-electron chi connectivity index (χ2n) is 10.3. The van der Waals surface area contributed by atoms with Gasteiger partial charge in [-0.3, -0.25) is 9.59 Å². The molecule has 0 heterocycles. The summed E-state index contributed by atoms with van der Waals surface area (Å²) in [5.41, 5.74) is 3.27. The van der Waals surface area contributed by atoms with Crippen LogP contribution >= 0.6 is 0 Å². The highest BCUT2D eigenvalue weighted by atomic mass is 16.3. The molecular formula is C32H35N3O4. The van der Waals surface area contributed by atoms with Gasteiger partial charge in [-0.25, -0.2) is 0 Å². The first-order valence-electron chi connectivity index (χ1n) is 13.1. The predicted molar refractivity (Wildman–Crippen MR) is 155 cm³/mol. The molecule has 39 heavy (non-hydrogen) atoms. The van der Waals surface area contributed by atoms with Crippen LogP contribution in [-0.4, -0.2) is 41.2 Å². The van der Waals surface area contributed by atoms with E-state index in [1.165, 1.54) is 22.4 Å². The third-order valence-electron chi connectivity index (χ3n) is 6.79. The molecule has 0 radical (unpaired) electrons. The van der Waals surface area contributed by atoms with Crippen molar-refractivity contribution in [3.05, 3.63) is 107 Å². The predicted octanol–water partition coefficient (Wildman–Crippen LogP) is 4.73. The van der Waals surface area contributed by atoms with Gasteiger partial charge in [0.15, 0.2) is 0 Å². The Morgan fingerprint density at radius 1 is 0.974 bits per heavy atom. The van der Waals surface area contributed by atoms with E-state index < -0.39 is 6.10 Å². The number of fused-ring (bicyclic) bond motifs is 1. The molecule has 4 aromatic rings. The molecule has 0 bridgehead atoms. The number of amides is 2. The van der Waals surface area contributed by atoms with E-state index in [1.807, 2.05) is 56.3 Å². The minimum absolute atomic E-state index is 0.0659. The fourth-order valence-corrected chi connectivity index (χ4v) is 4.75. The Balaban J connectivity index is 1.31. The summed E-state index contributed by atoms with van der Waals surface area (Å²) in [6, 6.07) is 26.7. The number of phenolic OH excluding ortho intramolecular Hbond substituents is 1. The Hall–Kier alpha value is -4.20. The molecule has 0 aromatic heterocycles. The fourth-order valence-electron chi connectivity index (χ4n) is 4.75. The molecule has 2 amide bonds. The maximum Gasteiger partial charge on any atom is 0.251 e. The zero-order chi connectivity index (χ0) is 27.8. The topological polar surface area (TPSA) is 111 Å². The number of nitrogens with one attached hydrogen (secondary N) is 3. The summed E-state index contributed by atoms with van der Waals surface area (Å²) in [5, 5.41) is 31.7. The van der Waals surface area contributed by atoms with E-state index in [0.717, 1.165) is 12.0 Å². The van der Waals surface area contributed by atoms with Gasteiger partial charge in [0.25, 0.3) is 5.91 Å². The van der Waals surface area contributed by atoms with Gasteiger partial charge in [0.2, 0.25) is 6.41 Å². The molecule has 0 saturated heterocycles. The van der Waals surface area contributed by atoms with Gasteiger partial charge < -0.3 is 26.2 Å². The number of carbonyl (C=O) groups excluding carboxylic acids is 2. The van der Waals surface area contributed by atoms with Crippen LogP contribution in [0.5, 0.6) is 5.75 Å². The van der Waals surface area contributed by atoms with Gasteiger partial charge >= 0.3 is 0 Å². The molecule has 0 unspecified atom stereocenters. The third-order valence-corrected chi connectivity index (χ3v) is 6.79. The second-order valence-corrected chi connectivity index (χ2v) is 10.3. The molecule has 202 valence electrons. The average molecular weight is 526 g/mol. The zero-order valence-electron chi connectivity index (χ0n) is 22.3. The number of rotatable bonds is 12. The van der Waals surface area contributed by atoms with Gasteiger partial charge in [-0.05, 0) is 78.4 Å². The number of benzene rings is 4. The highest BCUT2D eigenvalue weighted by Gasteiger charge is 2.21. The first-order chi connectivity index (χ1) is 18.8. The average Bonchev–Trinajstić information content (AvgIpc) is 2.93. The van der Waals surface area contributed by atoms with Gasteiger partial charge in [0.1, 0.15) is 5.75 Å². The minimum Gasteiger partial charge on any atom is -0.506 e. The standard InChI is InChI=1S/C32H35N3O4/c1-32(2,35-20-30(38)25-13-14-29(37)28(18-25)34-21-36)19-22-7-5-11-26(17-22)31(39)33-16-15-24-10-6-9-23-8-3-4-12-27(23)24/h3-14,17-18,21,30,35,37-38H,15-16,19-20H2,1-2H3,(H,33,39)(H,34,36)/t30-/m0/s1. The molecule has 0 aliphatic rings. The number of phenols is 1. The molecule has 5 N–H and O–H groups in total. The minimum atomic E-state index is -0.837. The number of carbonyl (C=O) groups is 2. The Morgan fingerprint density at radius 3 is 2.56 bits per heavy atom. The molecule has 0 aliphatic heterocycles. The molecule has 0 aliphatic carbocycles. The smallest absolute Gasteiger partial charge is 0.251 e. The summed E-state index contributed by atoms with van der Waals surface area (Å²) >= 11 is 0. The Morgan fingerprint density at radius 2 is 1.74 bits per heavy atom. The summed E-state index contributed by atoms with van der Waals surface area (Å²) < 4.78 is 0. The number of aromatic hydroxyl groups is 1. The molecule has 4 aromatic carbocycles. The molecule has 0 fully saturated rings. The first-order valence-corrected chi connectivity index (χ1v) is 13.1. The lowest BCUT2D eigenvalue weighted by atomic mass is 9.93. The zero-order valence-corrected chi connectivity index (χ0v) is 22.3. The fraction of sp³-hybridized carbons (Fsp3) is 0.250. The van der Waals surface area contributed by atoms with Crippen LogP contribution in [0, 0.1) is 0 Å². The Kier molecular flexibility index (Phi) is 8.96. The molecular weight excluding hydrogens is 490 g/mol. The van der Waals surface area contributed by atoms with Gasteiger partial charge in [0.05, 0.1) is 11.8 Å². The molecule has 7 heteroatoms. The summed E-state index contributed by atoms with van der Waals surface area (Å²) in [5.74, 6) is -0.172. The van der Waals surface area contributed by atoms with Crippen molar-refractivity contribution >= 4 is 28.8 Å². The van der Waals surface area contributed by atoms with Crippen molar-refractivity contribution < 1.29 is 19.8 Å². The maximum atomic E-state index is 12.9. The third kappa shape index (κ3) is 7.44. The summed E-state index contributed by atoms with van der Waals surface area (Å²) in [7, 11) is 0. The van der Waals surface area contributed by atoms with Crippen molar-refractivity contribution in [2.45, 2.75) is 38.3 Å². The Labute approximate surface area is 228 Å². The monoisotopic (exact) mass is 525 g/mol. The van der Waals surface area contributed by atoms with Crippen LogP contribution in [0.15, 0.2) is 84.9 Å². The number of anilines is 1. The van der Waals surface area contributed by atoms with Crippen LogP contribution in [0.2, 0.25) is 0 Å². The van der Waals surface area contributed by atoms with Gasteiger partial charge in [-0.2, -0.15) is 0 Å². The van der Waals surface area contributed by atoms with Crippen molar-refractivity contribution in [2.75, 3.05) is 18.4 Å². The number of hydrogen-bond donors (Lipinski definition) is 5. The highest BCUT2D eigenvalue weighted by Crippen LogP contribution is 2.27. The molecule has 0 saturated carbocycles.